The van der Waals surface area contributed by atoms with Crippen molar-refractivity contribution in [1.29, 1.82) is 10.5 Å². The molecule has 0 saturated carbocycles. The monoisotopic (exact) mass is 1020 g/mol. The van der Waals surface area contributed by atoms with E-state index in [-0.39, 0.29) is 0 Å². The molecule has 0 aliphatic carbocycles. The van der Waals surface area contributed by atoms with E-state index in [0.717, 1.165) is 110 Å². The number of rotatable bonds is 7. The van der Waals surface area contributed by atoms with Crippen LogP contribution in [0, 0.1) is 22.7 Å². The van der Waals surface area contributed by atoms with Crippen molar-refractivity contribution >= 4 is 87.2 Å². The number of aromatic nitrogens is 5. The second kappa shape index (κ2) is 17.7. The predicted molar refractivity (Wildman–Crippen MR) is 327 cm³/mol. The van der Waals surface area contributed by atoms with Crippen LogP contribution in [-0.4, -0.2) is 23.3 Å². The lowest BCUT2D eigenvalue weighted by atomic mass is 9.86. The molecule has 0 fully saturated rings. The van der Waals surface area contributed by atoms with Gasteiger partial charge in [0.1, 0.15) is 23.8 Å². The number of nitrogens with zero attached hydrogens (tertiary/aromatic N) is 7. The van der Waals surface area contributed by atoms with E-state index < -0.39 is 0 Å². The molecule has 80 heavy (non-hydrogen) atoms. The third-order valence-corrected chi connectivity index (χ3v) is 16.2. The molecule has 0 bridgehead atoms. The summed E-state index contributed by atoms with van der Waals surface area (Å²) in [5, 5.41) is 30.3. The van der Waals surface area contributed by atoms with Crippen LogP contribution in [0.2, 0.25) is 0 Å². The Kier molecular flexibility index (Phi) is 9.93. The summed E-state index contributed by atoms with van der Waals surface area (Å²) in [5.74, 6) is 1.43. The van der Waals surface area contributed by atoms with E-state index in [9.17, 15) is 10.5 Å². The minimum Gasteiger partial charge on any atom is -0.309 e. The Hall–Kier alpha value is -11.3. The molecule has 5 aromatic heterocycles. The van der Waals surface area contributed by atoms with Crippen LogP contribution in [0.3, 0.4) is 0 Å². The fourth-order valence-corrected chi connectivity index (χ4v) is 12.9. The first kappa shape index (κ1) is 45.0. The minimum absolute atomic E-state index is 0.298. The van der Waals surface area contributed by atoms with Gasteiger partial charge in [-0.1, -0.05) is 176 Å². The van der Waals surface area contributed by atoms with Crippen LogP contribution < -0.4 is 0 Å². The van der Waals surface area contributed by atoms with E-state index in [4.69, 9.17) is 4.98 Å². The first-order valence-corrected chi connectivity index (χ1v) is 26.8. The zero-order valence-electron chi connectivity index (χ0n) is 43.0. The molecule has 11 aromatic carbocycles. The predicted octanol–water partition coefficient (Wildman–Crippen LogP) is 18.2. The van der Waals surface area contributed by atoms with E-state index >= 15 is 0 Å². The lowest BCUT2D eigenvalue weighted by molar-refractivity contribution is 1.02. The van der Waals surface area contributed by atoms with E-state index in [1.165, 1.54) is 21.5 Å². The summed E-state index contributed by atoms with van der Waals surface area (Å²) in [6.07, 6.45) is 0. The van der Waals surface area contributed by atoms with Crippen LogP contribution in [0.5, 0.6) is 0 Å². The molecule has 0 spiro atoms. The molecule has 7 heteroatoms. The maximum atomic E-state index is 10.8. The summed E-state index contributed by atoms with van der Waals surface area (Å²) in [7, 11) is 0. The standard InChI is InChI=1S/C73H43N7/c74-44-49-36-35-48(41-50(49)45-75)69-70(46-19-3-1-4-20-46)72(79-65-33-17-11-27-57(65)59-42-51(37-39-67(59)79)77-61-29-13-7-23-53(61)54-24-8-14-30-62(54)77)76-73(71(69)47-21-5-2-6-22-47)80-66-34-18-12-28-58(66)60-43-52(38-40-68(60)80)78-63-31-15-9-25-55(63)56-26-10-16-32-64(56)78/h1-43H. The van der Waals surface area contributed by atoms with Crippen LogP contribution in [0.1, 0.15) is 11.1 Å². The first-order valence-electron chi connectivity index (χ1n) is 26.8. The molecule has 0 radical (unpaired) electrons. The number of hydrogen-bond donors (Lipinski definition) is 0. The lowest BCUT2D eigenvalue weighted by Crippen LogP contribution is -2.10. The molecule has 16 rings (SSSR count). The largest absolute Gasteiger partial charge is 0.309 e. The van der Waals surface area contributed by atoms with Gasteiger partial charge in [-0.25, -0.2) is 4.98 Å². The van der Waals surface area contributed by atoms with Crippen LogP contribution in [0.25, 0.3) is 144 Å². The Labute approximate surface area is 459 Å². The van der Waals surface area contributed by atoms with Crippen molar-refractivity contribution in [2.45, 2.75) is 0 Å². The second-order valence-electron chi connectivity index (χ2n) is 20.4. The molecule has 0 atom stereocenters. The van der Waals surface area contributed by atoms with Crippen molar-refractivity contribution in [3.8, 4) is 68.5 Å². The maximum Gasteiger partial charge on any atom is 0.148 e. The fourth-order valence-electron chi connectivity index (χ4n) is 12.9. The molecular formula is C73H43N7. The Morgan fingerprint density at radius 1 is 0.250 bits per heavy atom. The quantitative estimate of drug-likeness (QED) is 0.160. The highest BCUT2D eigenvalue weighted by atomic mass is 15.1. The van der Waals surface area contributed by atoms with Crippen molar-refractivity contribution in [3.63, 3.8) is 0 Å². The van der Waals surface area contributed by atoms with Gasteiger partial charge in [0.25, 0.3) is 0 Å². The Morgan fingerprint density at radius 3 is 0.950 bits per heavy atom. The highest BCUT2D eigenvalue weighted by Gasteiger charge is 2.30. The topological polar surface area (TPSA) is 80.2 Å². The molecule has 0 aliphatic rings. The van der Waals surface area contributed by atoms with Crippen molar-refractivity contribution in [2.75, 3.05) is 0 Å². The van der Waals surface area contributed by atoms with Gasteiger partial charge in [0, 0.05) is 71.2 Å². The highest BCUT2D eigenvalue weighted by molar-refractivity contribution is 6.16. The van der Waals surface area contributed by atoms with Crippen molar-refractivity contribution in [1.82, 2.24) is 23.3 Å². The number of pyridine rings is 1. The summed E-state index contributed by atoms with van der Waals surface area (Å²) in [6.45, 7) is 0. The second-order valence-corrected chi connectivity index (χ2v) is 20.4. The fraction of sp³-hybridized carbons (Fsp3) is 0. The van der Waals surface area contributed by atoms with Crippen molar-refractivity contribution in [2.24, 2.45) is 0 Å². The van der Waals surface area contributed by atoms with Gasteiger partial charge in [-0.05, 0) is 102 Å². The molecule has 0 saturated heterocycles. The van der Waals surface area contributed by atoms with E-state index in [0.29, 0.717) is 22.8 Å². The van der Waals surface area contributed by atoms with Gasteiger partial charge in [-0.2, -0.15) is 10.5 Å². The molecular weight excluding hydrogens is 975 g/mol. The normalized spacial score (nSPS) is 11.7. The highest BCUT2D eigenvalue weighted by Crippen LogP contribution is 2.50. The molecule has 370 valence electrons. The van der Waals surface area contributed by atoms with Gasteiger partial charge in [0.05, 0.1) is 55.3 Å². The smallest absolute Gasteiger partial charge is 0.148 e. The molecule has 5 heterocycles. The minimum atomic E-state index is 0.298. The van der Waals surface area contributed by atoms with Crippen LogP contribution in [0.15, 0.2) is 261 Å². The van der Waals surface area contributed by atoms with Crippen LogP contribution in [-0.2, 0) is 0 Å². The zero-order valence-corrected chi connectivity index (χ0v) is 43.0. The molecule has 16 aromatic rings. The first-order chi connectivity index (χ1) is 39.6. The van der Waals surface area contributed by atoms with E-state index in [2.05, 4.69) is 261 Å². The molecule has 0 amide bonds. The number of fused-ring (bicyclic) bond motifs is 12. The SMILES string of the molecule is N#Cc1ccc(-c2c(-c3ccccc3)c(-n3c4ccccc4c4cc(-n5c6ccccc6c6ccccc65)ccc43)nc(-n3c4ccccc4c4cc(-n5c6ccccc6c6ccccc65)ccc43)c2-c2ccccc2)cc1C#N. The number of nitriles is 2. The summed E-state index contributed by atoms with van der Waals surface area (Å²) in [4.78, 5) is 6.18. The van der Waals surface area contributed by atoms with Gasteiger partial charge in [0.15, 0.2) is 0 Å². The van der Waals surface area contributed by atoms with Crippen LogP contribution >= 0.6 is 0 Å². The summed E-state index contributed by atoms with van der Waals surface area (Å²) in [6, 6.07) is 96.8. The average Bonchev–Trinajstić information content (AvgIpc) is 4.36. The Morgan fingerprint density at radius 2 is 0.575 bits per heavy atom. The Balaban J connectivity index is 1.06. The lowest BCUT2D eigenvalue weighted by Gasteiger charge is -2.25. The van der Waals surface area contributed by atoms with Gasteiger partial charge < -0.3 is 9.13 Å². The van der Waals surface area contributed by atoms with Crippen LogP contribution in [0.4, 0.5) is 0 Å². The molecule has 0 aliphatic heterocycles. The molecule has 7 nitrogen and oxygen atoms in total. The summed E-state index contributed by atoms with van der Waals surface area (Å²) < 4.78 is 9.43. The van der Waals surface area contributed by atoms with E-state index in [1.54, 1.807) is 6.07 Å². The van der Waals surface area contributed by atoms with E-state index in [1.807, 2.05) is 24.3 Å². The van der Waals surface area contributed by atoms with Crippen molar-refractivity contribution in [3.05, 3.63) is 272 Å². The zero-order chi connectivity index (χ0) is 53.0. The number of para-hydroxylation sites is 6. The van der Waals surface area contributed by atoms with Gasteiger partial charge in [0.2, 0.25) is 0 Å². The third kappa shape index (κ3) is 6.56. The maximum absolute atomic E-state index is 10.8. The number of hydrogen-bond acceptors (Lipinski definition) is 3. The number of benzene rings is 11. The summed E-state index contributed by atoms with van der Waals surface area (Å²) in [5.41, 5.74) is 16.6. The molecule has 0 N–H and O–H groups in total. The average molecular weight is 1020 g/mol. The summed E-state index contributed by atoms with van der Waals surface area (Å²) >= 11 is 0. The Bertz CT molecular complexity index is 4930. The third-order valence-electron chi connectivity index (χ3n) is 16.2. The van der Waals surface area contributed by atoms with Gasteiger partial charge >= 0.3 is 0 Å². The van der Waals surface area contributed by atoms with Gasteiger partial charge in [-0.15, -0.1) is 0 Å². The van der Waals surface area contributed by atoms with Gasteiger partial charge in [-0.3, -0.25) is 9.13 Å². The molecule has 0 unspecified atom stereocenters. The van der Waals surface area contributed by atoms with Crippen molar-refractivity contribution < 1.29 is 0 Å².